The van der Waals surface area contributed by atoms with Gasteiger partial charge < -0.3 is 20.5 Å². The van der Waals surface area contributed by atoms with Gasteiger partial charge in [0.2, 0.25) is 0 Å². The SMILES string of the molecule is NC(=O)c1ccsc1NC(=O)COC(=O)COc1ccc2c(c1)CCC2. The Morgan fingerprint density at radius 3 is 2.73 bits per heavy atom. The summed E-state index contributed by atoms with van der Waals surface area (Å²) in [5, 5.41) is 4.45. The van der Waals surface area contributed by atoms with Gasteiger partial charge in [-0.1, -0.05) is 6.07 Å². The van der Waals surface area contributed by atoms with Gasteiger partial charge in [0.05, 0.1) is 5.56 Å². The minimum atomic E-state index is -0.651. The molecule has 0 fully saturated rings. The number of esters is 1. The van der Waals surface area contributed by atoms with Gasteiger partial charge in [-0.05, 0) is 54.0 Å². The number of hydrogen-bond acceptors (Lipinski definition) is 6. The summed E-state index contributed by atoms with van der Waals surface area (Å²) in [7, 11) is 0. The third-order valence-electron chi connectivity index (χ3n) is 3.97. The lowest BCUT2D eigenvalue weighted by molar-refractivity contribution is -0.149. The van der Waals surface area contributed by atoms with E-state index in [0.717, 1.165) is 30.6 Å². The third-order valence-corrected chi connectivity index (χ3v) is 4.80. The van der Waals surface area contributed by atoms with Crippen molar-refractivity contribution < 1.29 is 23.9 Å². The zero-order chi connectivity index (χ0) is 18.5. The van der Waals surface area contributed by atoms with Crippen LogP contribution in [0.15, 0.2) is 29.6 Å². The number of primary amides is 1. The molecular formula is C18H18N2O5S. The van der Waals surface area contributed by atoms with Gasteiger partial charge in [0.1, 0.15) is 10.8 Å². The Hall–Kier alpha value is -2.87. The van der Waals surface area contributed by atoms with Crippen molar-refractivity contribution in [3.05, 3.63) is 46.3 Å². The second-order valence-electron chi connectivity index (χ2n) is 5.81. The van der Waals surface area contributed by atoms with Gasteiger partial charge in [-0.2, -0.15) is 0 Å². The minimum Gasteiger partial charge on any atom is -0.482 e. The van der Waals surface area contributed by atoms with Gasteiger partial charge in [-0.15, -0.1) is 11.3 Å². The highest BCUT2D eigenvalue weighted by atomic mass is 32.1. The minimum absolute atomic E-state index is 0.217. The van der Waals surface area contributed by atoms with Crippen LogP contribution in [-0.2, 0) is 27.2 Å². The smallest absolute Gasteiger partial charge is 0.344 e. The lowest BCUT2D eigenvalue weighted by Crippen LogP contribution is -2.24. The number of benzene rings is 1. The summed E-state index contributed by atoms with van der Waals surface area (Å²) in [4.78, 5) is 34.7. The standard InChI is InChI=1S/C18H18N2O5S/c19-17(23)14-6-7-26-18(14)20-15(21)9-25-16(22)10-24-13-5-4-11-2-1-3-12(11)8-13/h4-8H,1-3,9-10H2,(H2,19,23)(H,20,21). The number of thiophene rings is 1. The summed E-state index contributed by atoms with van der Waals surface area (Å²) >= 11 is 1.16. The van der Waals surface area contributed by atoms with Crippen molar-refractivity contribution in [2.45, 2.75) is 19.3 Å². The van der Waals surface area contributed by atoms with Crippen LogP contribution in [0.2, 0.25) is 0 Å². The largest absolute Gasteiger partial charge is 0.482 e. The highest BCUT2D eigenvalue weighted by molar-refractivity contribution is 7.14. The van der Waals surface area contributed by atoms with Crippen molar-refractivity contribution in [3.63, 3.8) is 0 Å². The van der Waals surface area contributed by atoms with Gasteiger partial charge in [0.15, 0.2) is 13.2 Å². The van der Waals surface area contributed by atoms with Crippen molar-refractivity contribution in [3.8, 4) is 5.75 Å². The van der Waals surface area contributed by atoms with Crippen LogP contribution in [-0.4, -0.2) is 31.0 Å². The van der Waals surface area contributed by atoms with Crippen LogP contribution in [0.5, 0.6) is 5.75 Å². The molecule has 0 radical (unpaired) electrons. The lowest BCUT2D eigenvalue weighted by Gasteiger charge is -2.09. The average molecular weight is 374 g/mol. The molecule has 3 N–H and O–H groups in total. The van der Waals surface area contributed by atoms with Crippen LogP contribution >= 0.6 is 11.3 Å². The molecule has 0 spiro atoms. The molecule has 0 bridgehead atoms. The molecule has 8 heteroatoms. The maximum atomic E-state index is 11.8. The number of nitrogens with one attached hydrogen (secondary N) is 1. The molecule has 1 aliphatic carbocycles. The molecule has 0 atom stereocenters. The van der Waals surface area contributed by atoms with Crippen LogP contribution in [0.25, 0.3) is 0 Å². The van der Waals surface area contributed by atoms with Crippen LogP contribution in [0.1, 0.15) is 27.9 Å². The second-order valence-corrected chi connectivity index (χ2v) is 6.73. The average Bonchev–Trinajstić information content (AvgIpc) is 3.26. The van der Waals surface area contributed by atoms with E-state index in [9.17, 15) is 14.4 Å². The molecule has 7 nitrogen and oxygen atoms in total. The molecule has 2 amide bonds. The van der Waals surface area contributed by atoms with Crippen LogP contribution in [0, 0.1) is 0 Å². The molecule has 0 saturated carbocycles. The van der Waals surface area contributed by atoms with E-state index in [0.29, 0.717) is 10.8 Å². The molecule has 0 unspecified atom stereocenters. The molecule has 26 heavy (non-hydrogen) atoms. The summed E-state index contributed by atoms with van der Waals surface area (Å²) in [6.45, 7) is -0.750. The van der Waals surface area contributed by atoms with E-state index in [1.54, 1.807) is 5.38 Å². The third kappa shape index (κ3) is 4.40. The number of rotatable bonds is 7. The Morgan fingerprint density at radius 2 is 1.92 bits per heavy atom. The number of hydrogen-bond donors (Lipinski definition) is 2. The fourth-order valence-electron chi connectivity index (χ4n) is 2.73. The van der Waals surface area contributed by atoms with Crippen molar-refractivity contribution in [2.75, 3.05) is 18.5 Å². The summed E-state index contributed by atoms with van der Waals surface area (Å²) < 4.78 is 10.3. The van der Waals surface area contributed by atoms with Gasteiger partial charge in [0.25, 0.3) is 11.8 Å². The Labute approximate surface area is 154 Å². The predicted molar refractivity (Wildman–Crippen MR) is 96.4 cm³/mol. The van der Waals surface area contributed by atoms with E-state index in [1.165, 1.54) is 17.2 Å². The Morgan fingerprint density at radius 1 is 1.12 bits per heavy atom. The first-order valence-electron chi connectivity index (χ1n) is 8.10. The highest BCUT2D eigenvalue weighted by Gasteiger charge is 2.15. The molecule has 2 aromatic rings. The normalized spacial score (nSPS) is 12.3. The predicted octanol–water partition coefficient (Wildman–Crippen LogP) is 1.90. The number of anilines is 1. The molecule has 1 aromatic carbocycles. The van der Waals surface area contributed by atoms with Crippen LogP contribution < -0.4 is 15.8 Å². The van der Waals surface area contributed by atoms with Crippen LogP contribution in [0.4, 0.5) is 5.00 Å². The van der Waals surface area contributed by atoms with E-state index < -0.39 is 24.4 Å². The molecule has 0 saturated heterocycles. The number of ether oxygens (including phenoxy) is 2. The maximum Gasteiger partial charge on any atom is 0.344 e. The Kier molecular flexibility index (Phi) is 5.52. The summed E-state index contributed by atoms with van der Waals surface area (Å²) in [6.07, 6.45) is 3.24. The van der Waals surface area contributed by atoms with E-state index >= 15 is 0 Å². The Balaban J connectivity index is 1.43. The molecule has 0 aliphatic heterocycles. The van der Waals surface area contributed by atoms with Gasteiger partial charge >= 0.3 is 5.97 Å². The summed E-state index contributed by atoms with van der Waals surface area (Å²) in [5.41, 5.74) is 7.98. The number of nitrogens with two attached hydrogens (primary N) is 1. The Bertz CT molecular complexity index is 846. The van der Waals surface area contributed by atoms with E-state index in [1.807, 2.05) is 18.2 Å². The first kappa shape index (κ1) is 17.9. The second kappa shape index (κ2) is 8.01. The first-order valence-corrected chi connectivity index (χ1v) is 8.98. The quantitative estimate of drug-likeness (QED) is 0.720. The fraction of sp³-hybridized carbons (Fsp3) is 0.278. The fourth-order valence-corrected chi connectivity index (χ4v) is 3.54. The number of amides is 2. The molecule has 1 heterocycles. The van der Waals surface area contributed by atoms with Gasteiger partial charge in [-0.25, -0.2) is 4.79 Å². The van der Waals surface area contributed by atoms with Gasteiger partial charge in [0, 0.05) is 0 Å². The first-order chi connectivity index (χ1) is 12.5. The topological polar surface area (TPSA) is 108 Å². The van der Waals surface area contributed by atoms with Crippen LogP contribution in [0.3, 0.4) is 0 Å². The molecule has 1 aromatic heterocycles. The van der Waals surface area contributed by atoms with E-state index in [4.69, 9.17) is 15.2 Å². The zero-order valence-electron chi connectivity index (χ0n) is 13.9. The monoisotopic (exact) mass is 374 g/mol. The highest BCUT2D eigenvalue weighted by Crippen LogP contribution is 2.26. The molecule has 3 rings (SSSR count). The van der Waals surface area contributed by atoms with E-state index in [2.05, 4.69) is 5.32 Å². The van der Waals surface area contributed by atoms with Crippen molar-refractivity contribution in [1.82, 2.24) is 0 Å². The van der Waals surface area contributed by atoms with Crippen molar-refractivity contribution in [1.29, 1.82) is 0 Å². The van der Waals surface area contributed by atoms with Crippen molar-refractivity contribution in [2.24, 2.45) is 5.73 Å². The lowest BCUT2D eigenvalue weighted by atomic mass is 10.1. The van der Waals surface area contributed by atoms with Gasteiger partial charge in [-0.3, -0.25) is 9.59 Å². The van der Waals surface area contributed by atoms with E-state index in [-0.39, 0.29) is 12.2 Å². The molecule has 1 aliphatic rings. The zero-order valence-corrected chi connectivity index (χ0v) is 14.8. The summed E-state index contributed by atoms with van der Waals surface area (Å²) in [5.74, 6) is -1.24. The summed E-state index contributed by atoms with van der Waals surface area (Å²) in [6, 6.07) is 7.28. The number of carbonyl (C=O) groups is 3. The number of aryl methyl sites for hydroxylation is 2. The molecule has 136 valence electrons. The van der Waals surface area contributed by atoms with Crippen molar-refractivity contribution >= 4 is 34.1 Å². The number of carbonyl (C=O) groups excluding carboxylic acids is 3. The number of fused-ring (bicyclic) bond motifs is 1. The molecular weight excluding hydrogens is 356 g/mol. The maximum absolute atomic E-state index is 11.8.